The van der Waals surface area contributed by atoms with E-state index in [1.54, 1.807) is 24.3 Å². The van der Waals surface area contributed by atoms with Crippen molar-refractivity contribution in [3.8, 4) is 6.07 Å². The Hall–Kier alpha value is -2.35. The molecule has 1 aromatic rings. The Labute approximate surface area is 129 Å². The molecule has 5 nitrogen and oxygen atoms in total. The summed E-state index contributed by atoms with van der Waals surface area (Å²) in [6.07, 6.45) is 4.90. The van der Waals surface area contributed by atoms with Crippen LogP contribution in [0.2, 0.25) is 0 Å². The third kappa shape index (κ3) is 3.85. The van der Waals surface area contributed by atoms with Crippen molar-refractivity contribution in [2.24, 2.45) is 5.41 Å². The monoisotopic (exact) mass is 300 g/mol. The molecule has 116 valence electrons. The first kappa shape index (κ1) is 16.0. The lowest BCUT2D eigenvalue weighted by Crippen LogP contribution is -2.35. The number of nitriles is 1. The number of hydrogen-bond acceptors (Lipinski definition) is 3. The zero-order chi connectivity index (χ0) is 16.0. The summed E-state index contributed by atoms with van der Waals surface area (Å²) >= 11 is 0. The summed E-state index contributed by atoms with van der Waals surface area (Å²) in [6, 6.07) is 8.55. The number of carboxylic acid groups (broad SMARTS) is 1. The van der Waals surface area contributed by atoms with Crippen molar-refractivity contribution < 1.29 is 14.7 Å². The molecule has 1 aliphatic carbocycles. The summed E-state index contributed by atoms with van der Waals surface area (Å²) < 4.78 is 0. The van der Waals surface area contributed by atoms with Crippen LogP contribution in [-0.2, 0) is 9.59 Å². The molecule has 1 aromatic carbocycles. The van der Waals surface area contributed by atoms with Crippen LogP contribution in [0.3, 0.4) is 0 Å². The first-order chi connectivity index (χ1) is 10.6. The van der Waals surface area contributed by atoms with Gasteiger partial charge in [-0.15, -0.1) is 0 Å². The average molecular weight is 300 g/mol. The summed E-state index contributed by atoms with van der Waals surface area (Å²) in [4.78, 5) is 23.9. The molecule has 0 radical (unpaired) electrons. The number of carboxylic acids is 1. The molecule has 0 aromatic heterocycles. The van der Waals surface area contributed by atoms with Gasteiger partial charge in [0.2, 0.25) is 5.91 Å². The highest BCUT2D eigenvalue weighted by molar-refractivity contribution is 5.94. The summed E-state index contributed by atoms with van der Waals surface area (Å²) in [5, 5.41) is 21.1. The molecule has 0 heterocycles. The third-order valence-corrected chi connectivity index (χ3v) is 4.31. The molecule has 0 bridgehead atoms. The van der Waals surface area contributed by atoms with Crippen LogP contribution in [-0.4, -0.2) is 17.0 Å². The van der Waals surface area contributed by atoms with Gasteiger partial charge in [0, 0.05) is 12.1 Å². The molecule has 1 fully saturated rings. The minimum Gasteiger partial charge on any atom is -0.481 e. The number of benzene rings is 1. The van der Waals surface area contributed by atoms with Crippen LogP contribution in [0.25, 0.3) is 0 Å². The van der Waals surface area contributed by atoms with Crippen molar-refractivity contribution in [3.05, 3.63) is 29.8 Å². The van der Waals surface area contributed by atoms with Crippen molar-refractivity contribution in [1.82, 2.24) is 0 Å². The van der Waals surface area contributed by atoms with E-state index in [-0.39, 0.29) is 12.3 Å². The summed E-state index contributed by atoms with van der Waals surface area (Å²) in [7, 11) is 0. The van der Waals surface area contributed by atoms with Crippen LogP contribution in [0, 0.1) is 16.7 Å². The smallest absolute Gasteiger partial charge is 0.310 e. The maximum absolute atomic E-state index is 12.2. The number of nitrogens with one attached hydrogen (secondary N) is 1. The van der Waals surface area contributed by atoms with E-state index >= 15 is 0 Å². The maximum Gasteiger partial charge on any atom is 0.310 e. The van der Waals surface area contributed by atoms with Crippen molar-refractivity contribution in [3.63, 3.8) is 0 Å². The van der Waals surface area contributed by atoms with Gasteiger partial charge in [-0.2, -0.15) is 5.26 Å². The van der Waals surface area contributed by atoms with E-state index in [4.69, 9.17) is 5.26 Å². The van der Waals surface area contributed by atoms with Crippen molar-refractivity contribution >= 4 is 17.6 Å². The Morgan fingerprint density at radius 2 is 1.73 bits per heavy atom. The van der Waals surface area contributed by atoms with Gasteiger partial charge in [0.25, 0.3) is 0 Å². The molecular weight excluding hydrogens is 280 g/mol. The third-order valence-electron chi connectivity index (χ3n) is 4.31. The van der Waals surface area contributed by atoms with E-state index < -0.39 is 11.4 Å². The van der Waals surface area contributed by atoms with E-state index in [1.807, 2.05) is 6.07 Å². The standard InChI is InChI=1S/C17H20N2O3/c18-12-13-5-7-14(8-6-13)19-15(20)11-17(16(21)22)9-3-1-2-4-10-17/h5-8H,1-4,9-11H2,(H,19,20)(H,21,22). The molecular formula is C17H20N2O3. The zero-order valence-corrected chi connectivity index (χ0v) is 12.5. The molecule has 0 atom stereocenters. The first-order valence-electron chi connectivity index (χ1n) is 7.59. The van der Waals surface area contributed by atoms with E-state index in [0.717, 1.165) is 25.7 Å². The lowest BCUT2D eigenvalue weighted by atomic mass is 9.77. The van der Waals surface area contributed by atoms with Gasteiger partial charge in [-0.25, -0.2) is 0 Å². The summed E-state index contributed by atoms with van der Waals surface area (Å²) in [5.74, 6) is -1.15. The fraction of sp³-hybridized carbons (Fsp3) is 0.471. The van der Waals surface area contributed by atoms with E-state index in [1.165, 1.54) is 0 Å². The second-order valence-electron chi connectivity index (χ2n) is 5.91. The number of anilines is 1. The van der Waals surface area contributed by atoms with Gasteiger partial charge in [0.1, 0.15) is 0 Å². The summed E-state index contributed by atoms with van der Waals surface area (Å²) in [5.41, 5.74) is 0.162. The van der Waals surface area contributed by atoms with Gasteiger partial charge < -0.3 is 10.4 Å². The van der Waals surface area contributed by atoms with Gasteiger partial charge in [-0.05, 0) is 37.1 Å². The molecule has 2 N–H and O–H groups in total. The number of rotatable bonds is 4. The first-order valence-corrected chi connectivity index (χ1v) is 7.59. The summed E-state index contributed by atoms with van der Waals surface area (Å²) in [6.45, 7) is 0. The fourth-order valence-corrected chi connectivity index (χ4v) is 3.01. The number of carbonyl (C=O) groups excluding carboxylic acids is 1. The highest BCUT2D eigenvalue weighted by Gasteiger charge is 2.40. The molecule has 1 amide bonds. The van der Waals surface area contributed by atoms with Gasteiger partial charge in [0.05, 0.1) is 17.0 Å². The van der Waals surface area contributed by atoms with Crippen LogP contribution < -0.4 is 5.32 Å². The Kier molecular flexibility index (Phi) is 5.16. The number of amides is 1. The maximum atomic E-state index is 12.2. The molecule has 1 saturated carbocycles. The molecule has 0 unspecified atom stereocenters. The molecule has 0 spiro atoms. The van der Waals surface area contributed by atoms with E-state index in [0.29, 0.717) is 24.1 Å². The van der Waals surface area contributed by atoms with E-state index in [2.05, 4.69) is 5.32 Å². The molecule has 1 aliphatic rings. The van der Waals surface area contributed by atoms with Crippen molar-refractivity contribution in [1.29, 1.82) is 5.26 Å². The minimum atomic E-state index is -0.937. The Morgan fingerprint density at radius 1 is 1.14 bits per heavy atom. The van der Waals surface area contributed by atoms with Crippen LogP contribution in [0.4, 0.5) is 5.69 Å². The SMILES string of the molecule is N#Cc1ccc(NC(=O)CC2(C(=O)O)CCCCCC2)cc1. The Balaban J connectivity index is 2.04. The predicted octanol–water partition coefficient (Wildman–Crippen LogP) is 3.31. The Bertz CT molecular complexity index is 579. The second-order valence-corrected chi connectivity index (χ2v) is 5.91. The minimum absolute atomic E-state index is 0.00232. The number of carbonyl (C=O) groups is 2. The quantitative estimate of drug-likeness (QED) is 0.835. The number of aliphatic carboxylic acids is 1. The highest BCUT2D eigenvalue weighted by atomic mass is 16.4. The van der Waals surface area contributed by atoms with Crippen molar-refractivity contribution in [2.75, 3.05) is 5.32 Å². The number of hydrogen-bond donors (Lipinski definition) is 2. The van der Waals surface area contributed by atoms with Gasteiger partial charge in [-0.1, -0.05) is 25.7 Å². The lowest BCUT2D eigenvalue weighted by Gasteiger charge is -2.27. The second kappa shape index (κ2) is 7.08. The number of nitrogens with zero attached hydrogens (tertiary/aromatic N) is 1. The molecule has 0 saturated heterocycles. The van der Waals surface area contributed by atoms with Gasteiger partial charge in [0.15, 0.2) is 0 Å². The van der Waals surface area contributed by atoms with Crippen LogP contribution in [0.1, 0.15) is 50.5 Å². The highest BCUT2D eigenvalue weighted by Crippen LogP contribution is 2.38. The van der Waals surface area contributed by atoms with Crippen molar-refractivity contribution in [2.45, 2.75) is 44.9 Å². The lowest BCUT2D eigenvalue weighted by molar-refractivity contribution is -0.152. The van der Waals surface area contributed by atoms with Gasteiger partial charge >= 0.3 is 5.97 Å². The zero-order valence-electron chi connectivity index (χ0n) is 12.5. The van der Waals surface area contributed by atoms with E-state index in [9.17, 15) is 14.7 Å². The molecule has 5 heteroatoms. The Morgan fingerprint density at radius 3 is 2.23 bits per heavy atom. The largest absolute Gasteiger partial charge is 0.481 e. The van der Waals surface area contributed by atoms with Crippen LogP contribution >= 0.6 is 0 Å². The van der Waals surface area contributed by atoms with Crippen LogP contribution in [0.5, 0.6) is 0 Å². The topological polar surface area (TPSA) is 90.2 Å². The molecule has 22 heavy (non-hydrogen) atoms. The average Bonchev–Trinajstić information content (AvgIpc) is 2.74. The van der Waals surface area contributed by atoms with Gasteiger partial charge in [-0.3, -0.25) is 9.59 Å². The fourth-order valence-electron chi connectivity index (χ4n) is 3.01. The molecule has 0 aliphatic heterocycles. The van der Waals surface area contributed by atoms with Crippen LogP contribution in [0.15, 0.2) is 24.3 Å². The normalized spacial score (nSPS) is 17.0. The predicted molar refractivity (Wildman–Crippen MR) is 82.2 cm³/mol. The molecule has 2 rings (SSSR count).